The van der Waals surface area contributed by atoms with Gasteiger partial charge in [-0.15, -0.1) is 0 Å². The van der Waals surface area contributed by atoms with Crippen molar-refractivity contribution in [2.75, 3.05) is 10.6 Å². The summed E-state index contributed by atoms with van der Waals surface area (Å²) in [5.74, 6) is 1.08. The lowest BCUT2D eigenvalue weighted by Crippen LogP contribution is -2.21. The second-order valence-corrected chi connectivity index (χ2v) is 5.48. The molecular formula is C17H18N4. The Hall–Kier alpha value is -2.49. The first kappa shape index (κ1) is 12.3. The van der Waals surface area contributed by atoms with E-state index in [1.807, 2.05) is 18.2 Å². The number of hydrogen-bond acceptors (Lipinski definition) is 3. The Morgan fingerprint density at radius 1 is 0.905 bits per heavy atom. The summed E-state index contributed by atoms with van der Waals surface area (Å²) < 4.78 is 0. The third kappa shape index (κ3) is 2.44. The van der Waals surface area contributed by atoms with E-state index in [4.69, 9.17) is 0 Å². The molecule has 106 valence electrons. The van der Waals surface area contributed by atoms with Gasteiger partial charge in [-0.05, 0) is 37.1 Å². The molecule has 2 heterocycles. The quantitative estimate of drug-likeness (QED) is 0.681. The lowest BCUT2D eigenvalue weighted by molar-refractivity contribution is 0.664. The monoisotopic (exact) mass is 278 g/mol. The molecule has 0 radical (unpaired) electrons. The van der Waals surface area contributed by atoms with E-state index in [9.17, 15) is 0 Å². The smallest absolute Gasteiger partial charge is 0.107 e. The maximum Gasteiger partial charge on any atom is 0.107 e. The lowest BCUT2D eigenvalue weighted by atomic mass is 10.2. The van der Waals surface area contributed by atoms with Gasteiger partial charge >= 0.3 is 0 Å². The molecule has 0 amide bonds. The van der Waals surface area contributed by atoms with E-state index < -0.39 is 0 Å². The number of benzene rings is 2. The average molecular weight is 278 g/mol. The number of H-pyrrole nitrogens is 1. The number of aromatic amines is 1. The number of imidazole rings is 1. The van der Waals surface area contributed by atoms with Crippen LogP contribution < -0.4 is 10.6 Å². The fraction of sp³-hybridized carbons (Fsp3) is 0.235. The highest BCUT2D eigenvalue weighted by Gasteiger charge is 2.18. The largest absolute Gasteiger partial charge is 0.364 e. The first-order valence-corrected chi connectivity index (χ1v) is 7.44. The van der Waals surface area contributed by atoms with Gasteiger partial charge in [-0.1, -0.05) is 24.3 Å². The number of hydrogen-bond donors (Lipinski definition) is 3. The van der Waals surface area contributed by atoms with Gasteiger partial charge < -0.3 is 15.6 Å². The lowest BCUT2D eigenvalue weighted by Gasteiger charge is -2.11. The maximum absolute atomic E-state index is 4.62. The van der Waals surface area contributed by atoms with Crippen LogP contribution >= 0.6 is 0 Å². The van der Waals surface area contributed by atoms with Crippen molar-refractivity contribution in [2.45, 2.75) is 25.4 Å². The summed E-state index contributed by atoms with van der Waals surface area (Å²) in [5, 5.41) is 7.01. The molecule has 0 saturated heterocycles. The minimum absolute atomic E-state index is 0.326. The highest BCUT2D eigenvalue weighted by atomic mass is 15.2. The fourth-order valence-electron chi connectivity index (χ4n) is 2.89. The van der Waals surface area contributed by atoms with E-state index in [2.05, 4.69) is 50.9 Å². The van der Waals surface area contributed by atoms with Crippen LogP contribution in [0.4, 0.5) is 11.4 Å². The molecule has 0 bridgehead atoms. The van der Waals surface area contributed by atoms with E-state index in [0.29, 0.717) is 6.17 Å². The van der Waals surface area contributed by atoms with Crippen molar-refractivity contribution < 1.29 is 0 Å². The third-order valence-electron chi connectivity index (χ3n) is 3.93. The number of para-hydroxylation sites is 4. The van der Waals surface area contributed by atoms with E-state index in [0.717, 1.165) is 36.1 Å². The number of aryl methyl sites for hydroxylation is 1. The van der Waals surface area contributed by atoms with Gasteiger partial charge in [0.15, 0.2) is 0 Å². The molecule has 2 aromatic carbocycles. The topological polar surface area (TPSA) is 52.7 Å². The zero-order chi connectivity index (χ0) is 14.1. The third-order valence-corrected chi connectivity index (χ3v) is 3.93. The number of fused-ring (bicyclic) bond motifs is 2. The highest BCUT2D eigenvalue weighted by Crippen LogP contribution is 2.29. The summed E-state index contributed by atoms with van der Waals surface area (Å²) in [5.41, 5.74) is 4.58. The molecule has 0 saturated carbocycles. The molecule has 0 atom stereocenters. The first-order chi connectivity index (χ1) is 10.4. The number of anilines is 2. The van der Waals surface area contributed by atoms with Crippen LogP contribution in [0.3, 0.4) is 0 Å². The van der Waals surface area contributed by atoms with Crippen molar-refractivity contribution >= 4 is 22.4 Å². The van der Waals surface area contributed by atoms with Crippen LogP contribution in [-0.4, -0.2) is 16.1 Å². The van der Waals surface area contributed by atoms with Crippen LogP contribution in [-0.2, 0) is 6.42 Å². The molecule has 3 aromatic rings. The summed E-state index contributed by atoms with van der Waals surface area (Å²) in [6, 6.07) is 16.5. The average Bonchev–Trinajstić information content (AvgIpc) is 3.09. The standard InChI is InChI=1S/C17H18N4/c1-2-7-13-12(6-1)18-16(19-13)10-5-11-17-20-14-8-3-4-9-15(14)21-17/h1-4,6-9,16,18-19H,5,10-11H2,(H,20,21). The second-order valence-electron chi connectivity index (χ2n) is 5.48. The molecule has 4 rings (SSSR count). The molecule has 0 spiro atoms. The van der Waals surface area contributed by atoms with Gasteiger partial charge in [-0.2, -0.15) is 0 Å². The Labute approximate surface area is 123 Å². The Balaban J connectivity index is 1.34. The molecular weight excluding hydrogens is 260 g/mol. The van der Waals surface area contributed by atoms with Gasteiger partial charge in [0.2, 0.25) is 0 Å². The summed E-state index contributed by atoms with van der Waals surface area (Å²) >= 11 is 0. The SMILES string of the molecule is c1ccc2c(c1)NC(CCCc1nc3ccccc3[nH]1)N2. The van der Waals surface area contributed by atoms with Crippen LogP contribution in [0.2, 0.25) is 0 Å². The molecule has 4 heteroatoms. The molecule has 0 aliphatic carbocycles. The minimum atomic E-state index is 0.326. The predicted octanol–water partition coefficient (Wildman–Crippen LogP) is 3.75. The van der Waals surface area contributed by atoms with Crippen LogP contribution in [0.15, 0.2) is 48.5 Å². The van der Waals surface area contributed by atoms with Crippen molar-refractivity contribution in [2.24, 2.45) is 0 Å². The number of nitrogens with zero attached hydrogens (tertiary/aromatic N) is 1. The summed E-state index contributed by atoms with van der Waals surface area (Å²) in [7, 11) is 0. The van der Waals surface area contributed by atoms with Crippen LogP contribution in [0.1, 0.15) is 18.7 Å². The van der Waals surface area contributed by atoms with Crippen molar-refractivity contribution in [1.29, 1.82) is 0 Å². The van der Waals surface area contributed by atoms with Crippen LogP contribution in [0, 0.1) is 0 Å². The summed E-state index contributed by atoms with van der Waals surface area (Å²) in [6.07, 6.45) is 3.47. The Morgan fingerprint density at radius 3 is 2.38 bits per heavy atom. The van der Waals surface area contributed by atoms with Gasteiger partial charge in [0.1, 0.15) is 5.82 Å². The van der Waals surface area contributed by atoms with Gasteiger partial charge in [0, 0.05) is 6.42 Å². The van der Waals surface area contributed by atoms with Crippen molar-refractivity contribution in [1.82, 2.24) is 9.97 Å². The first-order valence-electron chi connectivity index (χ1n) is 7.44. The fourth-order valence-corrected chi connectivity index (χ4v) is 2.89. The molecule has 1 aliphatic rings. The maximum atomic E-state index is 4.62. The van der Waals surface area contributed by atoms with Crippen LogP contribution in [0.5, 0.6) is 0 Å². The van der Waals surface area contributed by atoms with Crippen molar-refractivity contribution in [3.63, 3.8) is 0 Å². The van der Waals surface area contributed by atoms with E-state index in [-0.39, 0.29) is 0 Å². The van der Waals surface area contributed by atoms with E-state index in [1.54, 1.807) is 0 Å². The molecule has 0 unspecified atom stereocenters. The second kappa shape index (κ2) is 5.13. The summed E-state index contributed by atoms with van der Waals surface area (Å²) in [4.78, 5) is 8.01. The van der Waals surface area contributed by atoms with Gasteiger partial charge in [-0.25, -0.2) is 4.98 Å². The van der Waals surface area contributed by atoms with E-state index >= 15 is 0 Å². The van der Waals surface area contributed by atoms with Gasteiger partial charge in [0.05, 0.1) is 28.6 Å². The molecule has 1 aliphatic heterocycles. The number of rotatable bonds is 4. The number of aromatic nitrogens is 2. The van der Waals surface area contributed by atoms with E-state index in [1.165, 1.54) is 11.4 Å². The Bertz CT molecular complexity index is 704. The van der Waals surface area contributed by atoms with Gasteiger partial charge in [-0.3, -0.25) is 0 Å². The molecule has 4 nitrogen and oxygen atoms in total. The number of nitrogens with one attached hydrogen (secondary N) is 3. The summed E-state index contributed by atoms with van der Waals surface area (Å²) in [6.45, 7) is 0. The minimum Gasteiger partial charge on any atom is -0.364 e. The zero-order valence-electron chi connectivity index (χ0n) is 11.8. The Morgan fingerprint density at radius 2 is 1.62 bits per heavy atom. The van der Waals surface area contributed by atoms with Crippen molar-refractivity contribution in [3.8, 4) is 0 Å². The van der Waals surface area contributed by atoms with Crippen molar-refractivity contribution in [3.05, 3.63) is 54.4 Å². The zero-order valence-corrected chi connectivity index (χ0v) is 11.8. The Kier molecular flexibility index (Phi) is 2.99. The molecule has 1 aromatic heterocycles. The predicted molar refractivity (Wildman–Crippen MR) is 86.5 cm³/mol. The molecule has 0 fully saturated rings. The van der Waals surface area contributed by atoms with Gasteiger partial charge in [0.25, 0.3) is 0 Å². The highest BCUT2D eigenvalue weighted by molar-refractivity contribution is 5.75. The van der Waals surface area contributed by atoms with Crippen LogP contribution in [0.25, 0.3) is 11.0 Å². The normalized spacial score (nSPS) is 13.9. The molecule has 3 N–H and O–H groups in total. The molecule has 21 heavy (non-hydrogen) atoms.